The summed E-state index contributed by atoms with van der Waals surface area (Å²) in [6.07, 6.45) is 1.82. The van der Waals surface area contributed by atoms with Gasteiger partial charge in [0.15, 0.2) is 5.78 Å². The molecule has 0 atom stereocenters. The van der Waals surface area contributed by atoms with Gasteiger partial charge in [0.05, 0.1) is 0 Å². The number of hydrogen-bond donors (Lipinski definition) is 0. The first-order valence-electron chi connectivity index (χ1n) is 19.6. The molecule has 2 nitrogen and oxygen atoms in total. The molecule has 0 saturated heterocycles. The summed E-state index contributed by atoms with van der Waals surface area (Å²) in [5.41, 5.74) is 14.4. The molecule has 0 unspecified atom stereocenters. The standard InChI is InChI=1S/C57H38O2/c1-2-40-18-20-41(21-19-40)22-23-42-24-36-51(37-25-42)59-52-38-34-50(35-39-52)54-53(55(47-14-8-4-9-15-47)57(58)56(54)48-16-10-5-11-17-48)49-32-30-46(31-33-49)45-28-26-44(27-29-45)43-12-6-3-7-13-43/h2-21,24-39H,1H2. The predicted octanol–water partition coefficient (Wildman–Crippen LogP) is 14.0. The average Bonchev–Trinajstić information content (AvgIpc) is 3.62. The second-order valence-corrected chi connectivity index (χ2v) is 14.3. The fourth-order valence-corrected chi connectivity index (χ4v) is 7.53. The number of carbonyl (C=O) groups is 1. The van der Waals surface area contributed by atoms with Crippen LogP contribution in [0.1, 0.15) is 38.9 Å². The van der Waals surface area contributed by atoms with E-state index in [-0.39, 0.29) is 5.78 Å². The number of ether oxygens (including phenoxy) is 1. The molecular weight excluding hydrogens is 717 g/mol. The van der Waals surface area contributed by atoms with Crippen LogP contribution in [0.5, 0.6) is 11.5 Å². The van der Waals surface area contributed by atoms with Crippen LogP contribution in [0.4, 0.5) is 0 Å². The Morgan fingerprint density at radius 1 is 0.339 bits per heavy atom. The minimum Gasteiger partial charge on any atom is -0.457 e. The zero-order chi connectivity index (χ0) is 40.0. The monoisotopic (exact) mass is 754 g/mol. The molecule has 0 fully saturated rings. The molecule has 0 bridgehead atoms. The van der Waals surface area contributed by atoms with Crippen molar-refractivity contribution in [2.45, 2.75) is 0 Å². The van der Waals surface area contributed by atoms with E-state index < -0.39 is 0 Å². The van der Waals surface area contributed by atoms with Crippen LogP contribution in [0.2, 0.25) is 0 Å². The SMILES string of the molecule is C=Cc1ccc(C#Cc2ccc(Oc3ccc(C4=C(c5ccccc5)C(=O)C(c5ccccc5)=C4c4ccc(-c5ccc(-c6ccccc6)cc5)cc4)cc3)cc2)cc1. The summed E-state index contributed by atoms with van der Waals surface area (Å²) in [6.45, 7) is 3.81. The lowest BCUT2D eigenvalue weighted by Gasteiger charge is -2.15. The normalized spacial score (nSPS) is 12.2. The number of benzene rings is 8. The Labute approximate surface area is 345 Å². The number of rotatable bonds is 9. The number of carbonyl (C=O) groups excluding carboxylic acids is 1. The fourth-order valence-electron chi connectivity index (χ4n) is 7.53. The van der Waals surface area contributed by atoms with Crippen LogP contribution in [0.3, 0.4) is 0 Å². The van der Waals surface area contributed by atoms with Crippen molar-refractivity contribution in [3.05, 3.63) is 258 Å². The van der Waals surface area contributed by atoms with E-state index in [2.05, 4.69) is 103 Å². The lowest BCUT2D eigenvalue weighted by Crippen LogP contribution is -2.01. The summed E-state index contributed by atoms with van der Waals surface area (Å²) in [7, 11) is 0. The second kappa shape index (κ2) is 16.6. The highest BCUT2D eigenvalue weighted by Crippen LogP contribution is 2.50. The minimum atomic E-state index is 0.00488. The molecule has 0 heterocycles. The van der Waals surface area contributed by atoms with Crippen molar-refractivity contribution in [2.24, 2.45) is 0 Å². The Bertz CT molecular complexity index is 2890. The van der Waals surface area contributed by atoms with Crippen LogP contribution in [-0.2, 0) is 4.79 Å². The van der Waals surface area contributed by atoms with Gasteiger partial charge in [-0.05, 0) is 98.6 Å². The highest BCUT2D eigenvalue weighted by molar-refractivity contribution is 6.59. The lowest BCUT2D eigenvalue weighted by molar-refractivity contribution is -0.108. The van der Waals surface area contributed by atoms with E-state index >= 15 is 0 Å². The summed E-state index contributed by atoms with van der Waals surface area (Å²) >= 11 is 0. The van der Waals surface area contributed by atoms with Crippen LogP contribution in [-0.4, -0.2) is 5.78 Å². The molecule has 8 aromatic rings. The first-order chi connectivity index (χ1) is 29.1. The van der Waals surface area contributed by atoms with E-state index in [1.54, 1.807) is 0 Å². The van der Waals surface area contributed by atoms with Gasteiger partial charge in [0, 0.05) is 33.4 Å². The van der Waals surface area contributed by atoms with Crippen LogP contribution < -0.4 is 4.74 Å². The molecular formula is C57H38O2. The van der Waals surface area contributed by atoms with Gasteiger partial charge in [-0.15, -0.1) is 0 Å². The van der Waals surface area contributed by atoms with E-state index in [1.807, 2.05) is 133 Å². The van der Waals surface area contributed by atoms with Gasteiger partial charge in [0.1, 0.15) is 11.5 Å². The molecule has 2 heteroatoms. The Hall–Kier alpha value is -7.99. The van der Waals surface area contributed by atoms with Crippen molar-refractivity contribution in [1.29, 1.82) is 0 Å². The van der Waals surface area contributed by atoms with Crippen molar-refractivity contribution in [2.75, 3.05) is 0 Å². The topological polar surface area (TPSA) is 26.3 Å². The van der Waals surface area contributed by atoms with Gasteiger partial charge in [-0.25, -0.2) is 0 Å². The molecule has 0 N–H and O–H groups in total. The third-order valence-electron chi connectivity index (χ3n) is 10.6. The largest absolute Gasteiger partial charge is 0.457 e. The van der Waals surface area contributed by atoms with Crippen molar-refractivity contribution in [3.63, 3.8) is 0 Å². The van der Waals surface area contributed by atoms with Gasteiger partial charge >= 0.3 is 0 Å². The fraction of sp³-hybridized carbons (Fsp3) is 0. The molecule has 0 aromatic heterocycles. The molecule has 1 aliphatic carbocycles. The first-order valence-corrected chi connectivity index (χ1v) is 19.6. The predicted molar refractivity (Wildman–Crippen MR) is 244 cm³/mol. The lowest BCUT2D eigenvalue weighted by atomic mass is 9.88. The maximum Gasteiger partial charge on any atom is 0.195 e. The Morgan fingerprint density at radius 2 is 0.644 bits per heavy atom. The van der Waals surface area contributed by atoms with Gasteiger partial charge in [0.2, 0.25) is 0 Å². The molecule has 59 heavy (non-hydrogen) atoms. The molecule has 0 amide bonds. The third-order valence-corrected chi connectivity index (χ3v) is 10.6. The zero-order valence-electron chi connectivity index (χ0n) is 32.3. The van der Waals surface area contributed by atoms with Crippen molar-refractivity contribution < 1.29 is 9.53 Å². The van der Waals surface area contributed by atoms with Gasteiger partial charge in [-0.1, -0.05) is 188 Å². The van der Waals surface area contributed by atoms with Crippen molar-refractivity contribution >= 4 is 34.2 Å². The molecule has 9 rings (SSSR count). The van der Waals surface area contributed by atoms with Gasteiger partial charge in [-0.3, -0.25) is 4.79 Å². The molecule has 1 aliphatic rings. The van der Waals surface area contributed by atoms with Gasteiger partial charge in [0.25, 0.3) is 0 Å². The van der Waals surface area contributed by atoms with E-state index in [1.165, 1.54) is 11.1 Å². The summed E-state index contributed by atoms with van der Waals surface area (Å²) in [5.74, 6) is 7.86. The first kappa shape index (κ1) is 36.6. The molecule has 278 valence electrons. The number of Topliss-reactive ketones (excluding diaryl/α,β-unsaturated/α-hetero) is 1. The number of allylic oxidation sites excluding steroid dienone is 4. The van der Waals surface area contributed by atoms with Gasteiger partial charge < -0.3 is 4.74 Å². The van der Waals surface area contributed by atoms with Crippen LogP contribution >= 0.6 is 0 Å². The summed E-state index contributed by atoms with van der Waals surface area (Å²) in [6, 6.07) is 71.5. The van der Waals surface area contributed by atoms with E-state index in [4.69, 9.17) is 4.74 Å². The third kappa shape index (κ3) is 7.87. The molecule has 0 saturated carbocycles. The number of hydrogen-bond acceptors (Lipinski definition) is 2. The number of ketones is 1. The van der Waals surface area contributed by atoms with Crippen LogP contribution in [0.25, 0.3) is 50.6 Å². The summed E-state index contributed by atoms with van der Waals surface area (Å²) < 4.78 is 6.31. The van der Waals surface area contributed by atoms with E-state index in [9.17, 15) is 4.79 Å². The minimum absolute atomic E-state index is 0.00488. The Morgan fingerprint density at radius 3 is 1.05 bits per heavy atom. The van der Waals surface area contributed by atoms with Crippen molar-refractivity contribution in [3.8, 4) is 45.6 Å². The zero-order valence-corrected chi connectivity index (χ0v) is 32.3. The molecule has 0 aliphatic heterocycles. The quantitative estimate of drug-likeness (QED) is 0.137. The van der Waals surface area contributed by atoms with Crippen LogP contribution in [0, 0.1) is 11.8 Å². The van der Waals surface area contributed by atoms with Crippen LogP contribution in [0.15, 0.2) is 219 Å². The van der Waals surface area contributed by atoms with Crippen molar-refractivity contribution in [1.82, 2.24) is 0 Å². The molecule has 8 aromatic carbocycles. The smallest absolute Gasteiger partial charge is 0.195 e. The molecule has 0 radical (unpaired) electrons. The molecule has 0 spiro atoms. The van der Waals surface area contributed by atoms with E-state index in [0.29, 0.717) is 22.6 Å². The van der Waals surface area contributed by atoms with E-state index in [0.717, 1.165) is 61.2 Å². The summed E-state index contributed by atoms with van der Waals surface area (Å²) in [5, 5.41) is 0. The maximum absolute atomic E-state index is 14.8. The Kier molecular flexibility index (Phi) is 10.3. The summed E-state index contributed by atoms with van der Waals surface area (Å²) in [4.78, 5) is 14.8. The highest BCUT2D eigenvalue weighted by atomic mass is 16.5. The van der Waals surface area contributed by atoms with Gasteiger partial charge in [-0.2, -0.15) is 0 Å². The second-order valence-electron chi connectivity index (χ2n) is 14.3. The maximum atomic E-state index is 14.8. The Balaban J connectivity index is 1.05. The average molecular weight is 755 g/mol. The highest BCUT2D eigenvalue weighted by Gasteiger charge is 2.35.